The van der Waals surface area contributed by atoms with Crippen LogP contribution in [0.5, 0.6) is 11.8 Å². The van der Waals surface area contributed by atoms with Crippen LogP contribution in [0.3, 0.4) is 0 Å². The molecule has 0 saturated carbocycles. The second-order valence-electron chi connectivity index (χ2n) is 13.5. The Morgan fingerprint density at radius 1 is 1.12 bits per heavy atom. The van der Waals surface area contributed by atoms with Gasteiger partial charge in [0.25, 0.3) is 0 Å². The number of anilines is 1. The fraction of sp³-hybridized carbons (Fsp3) is 0.474. The fourth-order valence-corrected chi connectivity index (χ4v) is 7.62. The van der Waals surface area contributed by atoms with Gasteiger partial charge in [-0.15, -0.1) is 6.42 Å². The molecule has 5 heterocycles. The van der Waals surface area contributed by atoms with Crippen molar-refractivity contribution in [2.24, 2.45) is 0 Å². The molecule has 14 heteroatoms. The van der Waals surface area contributed by atoms with E-state index >= 15 is 8.78 Å². The molecule has 2 bridgehead atoms. The number of nitrogens with one attached hydrogen (secondary N) is 1. The molecule has 7 rings (SSSR count). The molecule has 2 unspecified atom stereocenters. The number of carboxylic acid groups (broad SMARTS) is 1. The molecule has 0 spiro atoms. The van der Waals surface area contributed by atoms with Gasteiger partial charge in [0.2, 0.25) is 0 Å². The molecule has 3 fully saturated rings. The molecule has 12 nitrogen and oxygen atoms in total. The van der Waals surface area contributed by atoms with Crippen molar-refractivity contribution in [2.45, 2.75) is 56.7 Å². The maximum absolute atomic E-state index is 17.1. The highest BCUT2D eigenvalue weighted by molar-refractivity contribution is 6.03. The van der Waals surface area contributed by atoms with E-state index in [0.717, 1.165) is 45.2 Å². The molecule has 3 aliphatic rings. The third kappa shape index (κ3) is 7.59. The summed E-state index contributed by atoms with van der Waals surface area (Å²) in [7, 11) is 1.49. The van der Waals surface area contributed by atoms with Crippen molar-refractivity contribution in [1.29, 1.82) is 0 Å². The Morgan fingerprint density at radius 2 is 1.94 bits per heavy atom. The molecule has 274 valence electrons. The van der Waals surface area contributed by atoms with Crippen molar-refractivity contribution >= 4 is 33.5 Å². The minimum Gasteiger partial charge on any atom is -0.481 e. The number of fused-ring (bicyclic) bond motifs is 4. The van der Waals surface area contributed by atoms with Crippen LogP contribution in [0.2, 0.25) is 0 Å². The molecule has 52 heavy (non-hydrogen) atoms. The number of ether oxygens (including phenoxy) is 4. The highest BCUT2D eigenvalue weighted by Crippen LogP contribution is 2.39. The number of aliphatic carboxylic acids is 1. The Hall–Kier alpha value is -4.68. The molecule has 2 N–H and O–H groups in total. The summed E-state index contributed by atoms with van der Waals surface area (Å²) in [6, 6.07) is 6.87. The lowest BCUT2D eigenvalue weighted by atomic mass is 9.95. The number of methoxy groups -OCH3 is 1. The number of rotatable bonds is 15. The van der Waals surface area contributed by atoms with Crippen LogP contribution in [0.15, 0.2) is 30.5 Å². The van der Waals surface area contributed by atoms with E-state index in [0.29, 0.717) is 66.1 Å². The van der Waals surface area contributed by atoms with Gasteiger partial charge in [0.1, 0.15) is 35.2 Å². The summed E-state index contributed by atoms with van der Waals surface area (Å²) in [5.74, 6) is 1.16. The number of aromatic nitrogens is 3. The van der Waals surface area contributed by atoms with E-state index in [4.69, 9.17) is 35.5 Å². The van der Waals surface area contributed by atoms with Gasteiger partial charge in [0.15, 0.2) is 12.6 Å². The topological polar surface area (TPSA) is 131 Å². The Labute approximate surface area is 300 Å². The van der Waals surface area contributed by atoms with Crippen LogP contribution in [0.1, 0.15) is 44.1 Å². The monoisotopic (exact) mass is 716 g/mol. The van der Waals surface area contributed by atoms with Crippen molar-refractivity contribution in [3.8, 4) is 35.4 Å². The summed E-state index contributed by atoms with van der Waals surface area (Å²) >= 11 is 0. The fourth-order valence-electron chi connectivity index (χ4n) is 7.62. The van der Waals surface area contributed by atoms with E-state index in [2.05, 4.69) is 31.0 Å². The van der Waals surface area contributed by atoms with E-state index < -0.39 is 17.6 Å². The predicted molar refractivity (Wildman–Crippen MR) is 191 cm³/mol. The van der Waals surface area contributed by atoms with Gasteiger partial charge < -0.3 is 34.3 Å². The van der Waals surface area contributed by atoms with Gasteiger partial charge in [-0.2, -0.15) is 9.97 Å². The molecule has 2 aromatic carbocycles. The number of piperazine rings is 1. The van der Waals surface area contributed by atoms with Crippen molar-refractivity contribution < 1.29 is 37.6 Å². The van der Waals surface area contributed by atoms with Crippen LogP contribution < -0.4 is 19.7 Å². The first-order valence-electron chi connectivity index (χ1n) is 17.7. The number of benzene rings is 2. The second-order valence-corrected chi connectivity index (χ2v) is 13.5. The Kier molecular flexibility index (Phi) is 10.9. The quantitative estimate of drug-likeness (QED) is 0.100. The Bertz CT molecular complexity index is 1980. The van der Waals surface area contributed by atoms with Gasteiger partial charge in [-0.3, -0.25) is 14.7 Å². The predicted octanol–water partition coefficient (Wildman–Crippen LogP) is 4.75. The van der Waals surface area contributed by atoms with Crippen LogP contribution in [-0.2, 0) is 14.3 Å². The number of halogens is 2. The minimum absolute atomic E-state index is 0.0104. The first-order chi connectivity index (χ1) is 25.3. The van der Waals surface area contributed by atoms with E-state index in [-0.39, 0.29) is 54.2 Å². The number of terminal acetylenes is 1. The zero-order valence-corrected chi connectivity index (χ0v) is 29.1. The molecule has 2 aromatic heterocycles. The summed E-state index contributed by atoms with van der Waals surface area (Å²) in [6.45, 7) is 4.01. The van der Waals surface area contributed by atoms with Gasteiger partial charge in [-0.05, 0) is 62.2 Å². The van der Waals surface area contributed by atoms with Gasteiger partial charge in [0, 0.05) is 68.6 Å². The second kappa shape index (κ2) is 15.9. The van der Waals surface area contributed by atoms with E-state index in [1.54, 1.807) is 24.4 Å². The molecular weight excluding hydrogens is 674 g/mol. The average Bonchev–Trinajstić information content (AvgIpc) is 3.74. The van der Waals surface area contributed by atoms with Crippen LogP contribution in [0.25, 0.3) is 32.9 Å². The lowest BCUT2D eigenvalue weighted by molar-refractivity contribution is -0.138. The third-order valence-corrected chi connectivity index (χ3v) is 10.0. The summed E-state index contributed by atoms with van der Waals surface area (Å²) in [6.07, 6.45) is 12.1. The summed E-state index contributed by atoms with van der Waals surface area (Å²) in [4.78, 5) is 29.3. The maximum atomic E-state index is 17.1. The molecule has 0 aliphatic carbocycles. The number of carboxylic acids is 1. The van der Waals surface area contributed by atoms with Crippen LogP contribution in [0, 0.1) is 24.0 Å². The van der Waals surface area contributed by atoms with E-state index in [1.807, 2.05) is 0 Å². The van der Waals surface area contributed by atoms with Crippen LogP contribution >= 0.6 is 0 Å². The van der Waals surface area contributed by atoms with Crippen molar-refractivity contribution in [2.75, 3.05) is 64.8 Å². The third-order valence-electron chi connectivity index (χ3n) is 10.0. The van der Waals surface area contributed by atoms with Crippen molar-refractivity contribution in [3.63, 3.8) is 0 Å². The maximum Gasteiger partial charge on any atom is 0.319 e. The molecular formula is C38H42F2N6O6. The van der Waals surface area contributed by atoms with Gasteiger partial charge >= 0.3 is 12.0 Å². The Morgan fingerprint density at radius 3 is 2.71 bits per heavy atom. The highest BCUT2D eigenvalue weighted by Gasteiger charge is 2.34. The van der Waals surface area contributed by atoms with Gasteiger partial charge in [-0.25, -0.2) is 8.78 Å². The summed E-state index contributed by atoms with van der Waals surface area (Å²) in [5.41, 5.74) is 0.217. The number of hydrogen-bond donors (Lipinski definition) is 2. The SMILES string of the molecule is C#Cc1c(F)ccc2cc(OCOC)cc(-c3ncc4c(N5CC6CCC(C5)N6)nc(OC[C@@H]5CCCN5CCCOCCC(=O)O)nc4c3F)c12. The smallest absolute Gasteiger partial charge is 0.319 e. The van der Waals surface area contributed by atoms with Gasteiger partial charge in [-0.1, -0.05) is 12.0 Å². The van der Waals surface area contributed by atoms with Crippen LogP contribution in [0.4, 0.5) is 14.6 Å². The lowest BCUT2D eigenvalue weighted by Crippen LogP contribution is -2.51. The van der Waals surface area contributed by atoms with E-state index in [9.17, 15) is 4.79 Å². The highest BCUT2D eigenvalue weighted by atomic mass is 19.1. The first-order valence-corrected chi connectivity index (χ1v) is 17.7. The normalized spacial score (nSPS) is 20.1. The number of hydrogen-bond acceptors (Lipinski definition) is 11. The largest absolute Gasteiger partial charge is 0.481 e. The van der Waals surface area contributed by atoms with Crippen molar-refractivity contribution in [3.05, 3.63) is 47.7 Å². The lowest BCUT2D eigenvalue weighted by Gasteiger charge is -2.34. The molecule has 0 radical (unpaired) electrons. The molecule has 4 aromatic rings. The van der Waals surface area contributed by atoms with Crippen LogP contribution in [-0.4, -0.2) is 109 Å². The number of carbonyl (C=O) groups is 1. The zero-order valence-electron chi connectivity index (χ0n) is 29.1. The van der Waals surface area contributed by atoms with E-state index in [1.165, 1.54) is 13.2 Å². The number of pyridine rings is 1. The first kappa shape index (κ1) is 35.7. The number of nitrogens with zero attached hydrogens (tertiary/aromatic N) is 5. The average molecular weight is 717 g/mol. The Balaban J connectivity index is 1.23. The van der Waals surface area contributed by atoms with Gasteiger partial charge in [0.05, 0.1) is 24.0 Å². The molecule has 3 saturated heterocycles. The number of likely N-dealkylation sites (tertiary alicyclic amines) is 1. The molecule has 0 amide bonds. The minimum atomic E-state index is -0.879. The summed E-state index contributed by atoms with van der Waals surface area (Å²) < 4.78 is 54.7. The summed E-state index contributed by atoms with van der Waals surface area (Å²) in [5, 5.41) is 13.8. The molecule has 3 aliphatic heterocycles. The molecule has 3 atom stereocenters. The zero-order chi connectivity index (χ0) is 36.2. The standard InChI is InChI=1S/C38H42F2N6O6/c1-3-28-31(39)10-7-23-16-27(52-22-49-2)17-29(33(23)28)35-34(40)36-30(18-41-35)37(46-19-24-8-9-25(20-46)42-24)44-38(43-36)51-21-26-6-4-12-45(26)13-5-14-50-15-11-32(47)48/h1,7,10,16-18,24-26,42H,4-6,8-9,11-15,19-22H2,2H3,(H,47,48)/t24?,25?,26-/m0/s1. The van der Waals surface area contributed by atoms with Crippen molar-refractivity contribution in [1.82, 2.24) is 25.2 Å².